The van der Waals surface area contributed by atoms with Gasteiger partial charge in [0.15, 0.2) is 0 Å². The fourth-order valence-corrected chi connectivity index (χ4v) is 1.80. The summed E-state index contributed by atoms with van der Waals surface area (Å²) in [5.74, 6) is 0. The minimum atomic E-state index is -0.0494. The van der Waals surface area contributed by atoms with Crippen molar-refractivity contribution >= 4 is 33.5 Å². The standard InChI is InChI=1S/C9H6INO/c10-7-3-1-2-6-4-5-8(12)11-9(6)7/h1-5H,(H,11,12). The molecule has 0 saturated carbocycles. The Bertz CT molecular complexity index is 475. The monoisotopic (exact) mass is 271 g/mol. The van der Waals surface area contributed by atoms with E-state index in [0.717, 1.165) is 14.5 Å². The summed E-state index contributed by atoms with van der Waals surface area (Å²) in [6, 6.07) is 9.30. The maximum Gasteiger partial charge on any atom is 0.248 e. The number of aromatic nitrogens is 1. The lowest BCUT2D eigenvalue weighted by atomic mass is 10.2. The molecule has 0 saturated heterocycles. The average Bonchev–Trinajstić information content (AvgIpc) is 2.07. The Kier molecular flexibility index (Phi) is 1.88. The molecule has 0 unspecified atom stereocenters. The number of H-pyrrole nitrogens is 1. The largest absolute Gasteiger partial charge is 0.321 e. The van der Waals surface area contributed by atoms with Crippen LogP contribution in [-0.2, 0) is 0 Å². The van der Waals surface area contributed by atoms with Crippen LogP contribution in [0, 0.1) is 3.57 Å². The highest BCUT2D eigenvalue weighted by molar-refractivity contribution is 14.1. The van der Waals surface area contributed by atoms with Crippen molar-refractivity contribution < 1.29 is 0 Å². The summed E-state index contributed by atoms with van der Waals surface area (Å²) in [7, 11) is 0. The Labute approximate surface area is 82.8 Å². The molecule has 0 amide bonds. The summed E-state index contributed by atoms with van der Waals surface area (Å²) >= 11 is 2.20. The van der Waals surface area contributed by atoms with Crippen LogP contribution in [0.25, 0.3) is 10.9 Å². The van der Waals surface area contributed by atoms with Gasteiger partial charge in [-0.1, -0.05) is 12.1 Å². The van der Waals surface area contributed by atoms with Crippen molar-refractivity contribution in [2.45, 2.75) is 0 Å². The fourth-order valence-electron chi connectivity index (χ4n) is 1.14. The molecule has 12 heavy (non-hydrogen) atoms. The number of halogens is 1. The molecule has 0 atom stereocenters. The minimum Gasteiger partial charge on any atom is -0.321 e. The van der Waals surface area contributed by atoms with E-state index in [1.807, 2.05) is 24.3 Å². The first kappa shape index (κ1) is 7.79. The zero-order valence-corrected chi connectivity index (χ0v) is 8.33. The maximum absolute atomic E-state index is 11.0. The molecule has 0 aliphatic carbocycles. The summed E-state index contributed by atoms with van der Waals surface area (Å²) in [6.45, 7) is 0. The van der Waals surface area contributed by atoms with Crippen molar-refractivity contribution in [3.05, 3.63) is 44.3 Å². The molecule has 2 nitrogen and oxygen atoms in total. The third-order valence-electron chi connectivity index (χ3n) is 1.71. The topological polar surface area (TPSA) is 32.9 Å². The molecule has 0 fully saturated rings. The first-order valence-electron chi connectivity index (χ1n) is 3.55. The van der Waals surface area contributed by atoms with Crippen LogP contribution in [0.2, 0.25) is 0 Å². The zero-order chi connectivity index (χ0) is 8.55. The van der Waals surface area contributed by atoms with Gasteiger partial charge in [-0.15, -0.1) is 0 Å². The van der Waals surface area contributed by atoms with Crippen LogP contribution in [0.3, 0.4) is 0 Å². The van der Waals surface area contributed by atoms with Gasteiger partial charge in [0.25, 0.3) is 0 Å². The summed E-state index contributed by atoms with van der Waals surface area (Å²) in [6.07, 6.45) is 0. The van der Waals surface area contributed by atoms with Gasteiger partial charge in [-0.25, -0.2) is 0 Å². The number of rotatable bonds is 0. The van der Waals surface area contributed by atoms with Crippen molar-refractivity contribution in [3.8, 4) is 0 Å². The number of benzene rings is 1. The second kappa shape index (κ2) is 2.90. The van der Waals surface area contributed by atoms with E-state index in [-0.39, 0.29) is 5.56 Å². The third-order valence-corrected chi connectivity index (χ3v) is 2.61. The van der Waals surface area contributed by atoms with Crippen molar-refractivity contribution in [1.29, 1.82) is 0 Å². The van der Waals surface area contributed by atoms with Gasteiger partial charge < -0.3 is 4.98 Å². The molecule has 60 valence electrons. The van der Waals surface area contributed by atoms with Gasteiger partial charge in [0, 0.05) is 9.64 Å². The molecule has 1 N–H and O–H groups in total. The number of hydrogen-bond donors (Lipinski definition) is 1. The van der Waals surface area contributed by atoms with E-state index in [4.69, 9.17) is 0 Å². The third kappa shape index (κ3) is 1.24. The number of aromatic amines is 1. The van der Waals surface area contributed by atoms with Gasteiger partial charge in [-0.05, 0) is 40.1 Å². The van der Waals surface area contributed by atoms with Crippen molar-refractivity contribution in [2.75, 3.05) is 0 Å². The first-order chi connectivity index (χ1) is 5.77. The summed E-state index contributed by atoms with van der Waals surface area (Å²) < 4.78 is 1.07. The summed E-state index contributed by atoms with van der Waals surface area (Å²) in [5, 5.41) is 1.07. The smallest absolute Gasteiger partial charge is 0.248 e. The molecule has 0 radical (unpaired) electrons. The quantitative estimate of drug-likeness (QED) is 0.731. The second-order valence-corrected chi connectivity index (χ2v) is 3.69. The van der Waals surface area contributed by atoms with E-state index in [0.29, 0.717) is 0 Å². The molecule has 0 bridgehead atoms. The minimum absolute atomic E-state index is 0.0494. The summed E-state index contributed by atoms with van der Waals surface area (Å²) in [5.41, 5.74) is 0.872. The Morgan fingerprint density at radius 2 is 2.00 bits per heavy atom. The van der Waals surface area contributed by atoms with Gasteiger partial charge in [0.2, 0.25) is 5.56 Å². The van der Waals surface area contributed by atoms with Crippen molar-refractivity contribution in [3.63, 3.8) is 0 Å². The molecule has 0 spiro atoms. The van der Waals surface area contributed by atoms with Crippen molar-refractivity contribution in [2.24, 2.45) is 0 Å². The molecule has 1 heterocycles. The molecule has 3 heteroatoms. The highest BCUT2D eigenvalue weighted by Crippen LogP contribution is 2.15. The molecule has 2 rings (SSSR count). The van der Waals surface area contributed by atoms with E-state index >= 15 is 0 Å². The fraction of sp³-hybridized carbons (Fsp3) is 0. The predicted octanol–water partition coefficient (Wildman–Crippen LogP) is 2.13. The normalized spacial score (nSPS) is 10.4. The summed E-state index contributed by atoms with van der Waals surface area (Å²) in [4.78, 5) is 13.8. The molecular formula is C9H6INO. The van der Waals surface area contributed by atoms with Gasteiger partial charge in [0.1, 0.15) is 0 Å². The Morgan fingerprint density at radius 1 is 1.17 bits per heavy atom. The zero-order valence-electron chi connectivity index (χ0n) is 6.17. The number of para-hydroxylation sites is 1. The Morgan fingerprint density at radius 3 is 2.83 bits per heavy atom. The van der Waals surface area contributed by atoms with E-state index in [9.17, 15) is 4.79 Å². The number of nitrogens with one attached hydrogen (secondary N) is 1. The highest BCUT2D eigenvalue weighted by atomic mass is 127. The van der Waals surface area contributed by atoms with Gasteiger partial charge in [-0.2, -0.15) is 0 Å². The van der Waals surface area contributed by atoms with Crippen molar-refractivity contribution in [1.82, 2.24) is 4.98 Å². The van der Waals surface area contributed by atoms with E-state index in [1.165, 1.54) is 0 Å². The molecule has 0 aliphatic rings. The van der Waals surface area contributed by atoms with Crippen LogP contribution in [0.5, 0.6) is 0 Å². The van der Waals surface area contributed by atoms with Crippen LogP contribution in [0.1, 0.15) is 0 Å². The van der Waals surface area contributed by atoms with E-state index in [1.54, 1.807) is 6.07 Å². The Hall–Kier alpha value is -0.840. The number of hydrogen-bond acceptors (Lipinski definition) is 1. The lowest BCUT2D eigenvalue weighted by molar-refractivity contribution is 1.30. The average molecular weight is 271 g/mol. The van der Waals surface area contributed by atoms with Crippen LogP contribution in [-0.4, -0.2) is 4.98 Å². The number of fused-ring (bicyclic) bond motifs is 1. The van der Waals surface area contributed by atoms with Crippen LogP contribution in [0.4, 0.5) is 0 Å². The van der Waals surface area contributed by atoms with Gasteiger partial charge >= 0.3 is 0 Å². The first-order valence-corrected chi connectivity index (χ1v) is 4.63. The number of pyridine rings is 1. The predicted molar refractivity (Wildman–Crippen MR) is 57.3 cm³/mol. The lowest BCUT2D eigenvalue weighted by Gasteiger charge is -1.97. The maximum atomic E-state index is 11.0. The molecule has 2 aromatic rings. The van der Waals surface area contributed by atoms with Gasteiger partial charge in [0.05, 0.1) is 5.52 Å². The highest BCUT2D eigenvalue weighted by Gasteiger charge is 1.96. The second-order valence-electron chi connectivity index (χ2n) is 2.53. The SMILES string of the molecule is O=c1ccc2cccc(I)c2[nH]1. The Balaban J connectivity index is 2.97. The van der Waals surface area contributed by atoms with E-state index in [2.05, 4.69) is 27.6 Å². The van der Waals surface area contributed by atoms with Crippen LogP contribution in [0.15, 0.2) is 35.1 Å². The van der Waals surface area contributed by atoms with Crippen LogP contribution < -0.4 is 5.56 Å². The molecule has 1 aromatic carbocycles. The van der Waals surface area contributed by atoms with Crippen LogP contribution >= 0.6 is 22.6 Å². The molecular weight excluding hydrogens is 265 g/mol. The van der Waals surface area contributed by atoms with E-state index < -0.39 is 0 Å². The molecule has 1 aromatic heterocycles. The molecule has 0 aliphatic heterocycles. The lowest BCUT2D eigenvalue weighted by Crippen LogP contribution is -2.02. The van der Waals surface area contributed by atoms with Gasteiger partial charge in [-0.3, -0.25) is 4.79 Å².